The van der Waals surface area contributed by atoms with Gasteiger partial charge in [0, 0.05) is 36.7 Å². The van der Waals surface area contributed by atoms with E-state index >= 15 is 0 Å². The molecule has 4 aromatic carbocycles. The minimum absolute atomic E-state index is 0.0215. The van der Waals surface area contributed by atoms with Crippen molar-refractivity contribution in [2.75, 3.05) is 18.9 Å². The summed E-state index contributed by atoms with van der Waals surface area (Å²) in [5, 5.41) is 18.7. The van der Waals surface area contributed by atoms with Gasteiger partial charge in [0.05, 0.1) is 34.4 Å². The number of likely N-dealkylation sites (N-methyl/N-ethyl adjacent to an activating group) is 1. The van der Waals surface area contributed by atoms with Gasteiger partial charge >= 0.3 is 0 Å². The van der Waals surface area contributed by atoms with Gasteiger partial charge in [-0.15, -0.1) is 0 Å². The molecule has 4 aliphatic rings. The van der Waals surface area contributed by atoms with Gasteiger partial charge in [-0.2, -0.15) is 0 Å². The molecule has 1 aromatic heterocycles. The Morgan fingerprint density at radius 1 is 0.679 bits per heavy atom. The number of aryl methyl sites for hydroxylation is 2. The number of carbonyl (C=O) groups is 7. The summed E-state index contributed by atoms with van der Waals surface area (Å²) >= 11 is 1.24. The lowest BCUT2D eigenvalue weighted by Crippen LogP contribution is -2.62. The lowest BCUT2D eigenvalue weighted by atomic mass is 9.83. The highest BCUT2D eigenvalue weighted by molar-refractivity contribution is 7.22. The van der Waals surface area contributed by atoms with Gasteiger partial charge in [-0.05, 0) is 133 Å². The largest absolute Gasteiger partial charge is 0.347 e. The van der Waals surface area contributed by atoms with Crippen molar-refractivity contribution in [2.45, 2.75) is 155 Å². The third-order valence-corrected chi connectivity index (χ3v) is 17.0. The maximum atomic E-state index is 14.9. The van der Waals surface area contributed by atoms with Gasteiger partial charge in [-0.1, -0.05) is 107 Å². The van der Waals surface area contributed by atoms with Gasteiger partial charge in [0.1, 0.15) is 18.1 Å². The van der Waals surface area contributed by atoms with E-state index in [4.69, 9.17) is 5.73 Å². The third-order valence-electron chi connectivity index (χ3n) is 16.1. The van der Waals surface area contributed by atoms with Gasteiger partial charge in [0.15, 0.2) is 5.13 Å². The van der Waals surface area contributed by atoms with Crippen molar-refractivity contribution in [1.82, 2.24) is 41.4 Å². The fourth-order valence-electron chi connectivity index (χ4n) is 11.3. The smallest absolute Gasteiger partial charge is 0.257 e. The van der Waals surface area contributed by atoms with E-state index in [0.717, 1.165) is 59.9 Å². The fourth-order valence-corrected chi connectivity index (χ4v) is 12.1. The van der Waals surface area contributed by atoms with Gasteiger partial charge < -0.3 is 42.1 Å². The zero-order valence-electron chi connectivity index (χ0n) is 46.0. The van der Waals surface area contributed by atoms with Crippen molar-refractivity contribution in [1.29, 1.82) is 0 Å². The number of nitrogens with two attached hydrogens (primary N) is 1. The van der Waals surface area contributed by atoms with Crippen LogP contribution >= 0.6 is 11.3 Å². The number of amides is 7. The molecule has 8 N–H and O–H groups in total. The monoisotopic (exact) mass is 1080 g/mol. The second-order valence-electron chi connectivity index (χ2n) is 23.7. The molecule has 5 aromatic rings. The zero-order valence-corrected chi connectivity index (χ0v) is 46.8. The first-order chi connectivity index (χ1) is 37.1. The Morgan fingerprint density at radius 3 is 1.90 bits per heavy atom. The second kappa shape index (κ2) is 22.8. The van der Waals surface area contributed by atoms with Crippen LogP contribution in [0.4, 0.5) is 5.13 Å². The quantitative estimate of drug-likeness (QED) is 0.0685. The summed E-state index contributed by atoms with van der Waals surface area (Å²) in [4.78, 5) is 107. The summed E-state index contributed by atoms with van der Waals surface area (Å²) in [6.07, 6.45) is 5.67. The molecule has 0 spiro atoms. The van der Waals surface area contributed by atoms with Crippen LogP contribution in [-0.2, 0) is 49.8 Å². The van der Waals surface area contributed by atoms with Crippen LogP contribution in [0.3, 0.4) is 0 Å². The summed E-state index contributed by atoms with van der Waals surface area (Å²) in [7, 11) is 1.67. The topological polar surface area (TPSA) is 237 Å². The zero-order chi connectivity index (χ0) is 55.8. The number of hydrogen-bond donors (Lipinski definition) is 7. The molecule has 17 nitrogen and oxygen atoms in total. The number of nitrogens with one attached hydrogen (secondary N) is 6. The van der Waals surface area contributed by atoms with E-state index in [2.05, 4.69) is 49.0 Å². The molecule has 78 heavy (non-hydrogen) atoms. The van der Waals surface area contributed by atoms with E-state index in [1.165, 1.54) is 27.4 Å². The number of fused-ring (bicyclic) bond motifs is 4. The van der Waals surface area contributed by atoms with E-state index < -0.39 is 64.8 Å². The normalized spacial score (nSPS) is 21.2. The Hall–Kier alpha value is -7.02. The minimum atomic E-state index is -0.970. The molecule has 412 valence electrons. The summed E-state index contributed by atoms with van der Waals surface area (Å²) in [6, 6.07) is 21.5. The van der Waals surface area contributed by atoms with Crippen LogP contribution in [0.1, 0.15) is 147 Å². The van der Waals surface area contributed by atoms with Crippen molar-refractivity contribution in [3.63, 3.8) is 0 Å². The van der Waals surface area contributed by atoms with E-state index in [9.17, 15) is 33.6 Å². The van der Waals surface area contributed by atoms with Gasteiger partial charge in [0.25, 0.3) is 11.8 Å². The van der Waals surface area contributed by atoms with Crippen molar-refractivity contribution >= 4 is 68.0 Å². The molecular formula is C60H74N10O7S. The molecule has 2 aliphatic carbocycles. The first kappa shape index (κ1) is 55.7. The van der Waals surface area contributed by atoms with Crippen LogP contribution in [0, 0.1) is 10.8 Å². The van der Waals surface area contributed by atoms with Crippen LogP contribution in [0.25, 0.3) is 10.2 Å². The Labute approximate surface area is 460 Å². The predicted molar refractivity (Wildman–Crippen MR) is 301 cm³/mol. The molecule has 0 saturated carbocycles. The molecule has 0 radical (unpaired) electrons. The van der Waals surface area contributed by atoms with E-state index in [1.54, 1.807) is 49.2 Å². The molecule has 1 saturated heterocycles. The third kappa shape index (κ3) is 12.0. The molecule has 0 bridgehead atoms. The van der Waals surface area contributed by atoms with Crippen LogP contribution < -0.4 is 37.6 Å². The number of anilines is 1. The van der Waals surface area contributed by atoms with Crippen LogP contribution in [0.5, 0.6) is 0 Å². The first-order valence-electron chi connectivity index (χ1n) is 27.3. The summed E-state index contributed by atoms with van der Waals surface area (Å²) in [5.74, 6) is -2.51. The molecule has 9 rings (SSSR count). The second-order valence-corrected chi connectivity index (χ2v) is 24.7. The highest BCUT2D eigenvalue weighted by Gasteiger charge is 2.46. The van der Waals surface area contributed by atoms with Crippen molar-refractivity contribution in [2.24, 2.45) is 16.6 Å². The summed E-state index contributed by atoms with van der Waals surface area (Å²) in [6.45, 7) is 13.1. The van der Waals surface area contributed by atoms with Gasteiger partial charge in [-0.3, -0.25) is 38.9 Å². The average Bonchev–Trinajstić information content (AvgIpc) is 4.06. The van der Waals surface area contributed by atoms with E-state index in [0.29, 0.717) is 27.3 Å². The molecular weight excluding hydrogens is 1000 g/mol. The van der Waals surface area contributed by atoms with Crippen molar-refractivity contribution in [3.8, 4) is 0 Å². The number of likely N-dealkylation sites (tertiary alicyclic amines) is 1. The molecule has 8 unspecified atom stereocenters. The van der Waals surface area contributed by atoms with E-state index in [-0.39, 0.29) is 61.6 Å². The van der Waals surface area contributed by atoms with Crippen molar-refractivity contribution < 1.29 is 33.6 Å². The minimum Gasteiger partial charge on any atom is -0.347 e. The maximum Gasteiger partial charge on any atom is 0.257 e. The molecule has 2 aliphatic heterocycles. The van der Waals surface area contributed by atoms with Crippen LogP contribution in [-0.4, -0.2) is 106 Å². The number of hydrogen-bond acceptors (Lipinski definition) is 11. The Bertz CT molecular complexity index is 3140. The Balaban J connectivity index is 0.900. The summed E-state index contributed by atoms with van der Waals surface area (Å²) < 4.78 is 0.724. The van der Waals surface area contributed by atoms with E-state index in [1.807, 2.05) is 84.0 Å². The number of thiazole rings is 1. The lowest BCUT2D eigenvalue weighted by molar-refractivity contribution is -0.147. The molecule has 8 atom stereocenters. The maximum absolute atomic E-state index is 14.9. The Morgan fingerprint density at radius 2 is 1.28 bits per heavy atom. The fraction of sp³-hybridized carbons (Fsp3) is 0.467. The number of rotatable bonds is 13. The molecule has 3 heterocycles. The van der Waals surface area contributed by atoms with Crippen LogP contribution in [0.15, 0.2) is 84.9 Å². The van der Waals surface area contributed by atoms with Gasteiger partial charge in [0.2, 0.25) is 29.5 Å². The molecule has 18 heteroatoms. The highest BCUT2D eigenvalue weighted by atomic mass is 32.1. The number of nitrogens with zero attached hydrogens (tertiary/aromatic N) is 3. The number of aromatic nitrogens is 1. The first-order valence-corrected chi connectivity index (χ1v) is 28.1. The number of carbonyl (C=O) groups excluding carboxylic acids is 7. The number of benzene rings is 4. The molecule has 1 fully saturated rings. The highest BCUT2D eigenvalue weighted by Crippen LogP contribution is 2.35. The molecule has 7 amide bonds. The van der Waals surface area contributed by atoms with Crippen molar-refractivity contribution in [3.05, 3.63) is 129 Å². The van der Waals surface area contributed by atoms with Gasteiger partial charge in [-0.25, -0.2) is 4.98 Å². The SMILES string of the molecule is CNC(C)C(=O)NC(C(=O)N1Cc2cc(C(=O)Nc3nc4cc(C(=O)NC5CC(C(=O)NC6CCCc7ccccc76)N(C(=O)C(N)C(C)(C)C)C5)ccc4s3)ccc2CC1C(=O)NC1CCCc2ccccc21)C(C)(C)C. The lowest BCUT2D eigenvalue weighted by Gasteiger charge is -2.42. The average molecular weight is 1080 g/mol. The predicted octanol–water partition coefficient (Wildman–Crippen LogP) is 6.40. The Kier molecular flexibility index (Phi) is 16.3. The van der Waals surface area contributed by atoms with Crippen LogP contribution in [0.2, 0.25) is 0 Å². The standard InChI is InChI=1S/C60H74N10O7S/c1-33(62-8)51(71)67-50(60(5,6)7)57(77)69-31-39-27-37(24-23-36(39)29-46(69)54(74)64-43-21-13-17-34-15-9-11-19-41(34)43)53(73)68-58-66-45-28-38(25-26-48(45)78-58)52(72)63-40-30-47(70(32-40)56(76)49(61)59(2,3)4)55(75)65-44-22-14-18-35-16-10-12-20-42(35)44/h9-12,15-16,19-20,23-28,33,40,43-44,46-47,49-50,62H,13-14,17-18,21-22,29-32,61H2,1-8H3,(H,63,72)(H,64,74)(H,65,75)(H,67,71)(H,66,68,73). The summed E-state index contributed by atoms with van der Waals surface area (Å²) in [5.41, 5.74) is 12.4.